The van der Waals surface area contributed by atoms with Crippen LogP contribution in [0.25, 0.3) is 0 Å². The second-order valence-corrected chi connectivity index (χ2v) is 12.3. The lowest BCUT2D eigenvalue weighted by Crippen LogP contribution is -2.29. The normalized spacial score (nSPS) is 12.9. The molecule has 0 saturated heterocycles. The Bertz CT molecular complexity index is 1380. The second kappa shape index (κ2) is 14.4. The molecular formula is C33H36Cl3NO4. The highest BCUT2D eigenvalue weighted by Crippen LogP contribution is 2.41. The van der Waals surface area contributed by atoms with Crippen molar-refractivity contribution in [1.29, 1.82) is 0 Å². The maximum Gasteiger partial charge on any atom is 0.308 e. The van der Waals surface area contributed by atoms with E-state index in [0.29, 0.717) is 26.2 Å². The van der Waals surface area contributed by atoms with Crippen molar-refractivity contribution in [2.45, 2.75) is 71.3 Å². The maximum atomic E-state index is 14.2. The zero-order valence-corrected chi connectivity index (χ0v) is 26.3. The summed E-state index contributed by atoms with van der Waals surface area (Å²) >= 11 is 19.1. The largest absolute Gasteiger partial charge is 0.460 e. The zero-order valence-electron chi connectivity index (χ0n) is 24.0. The Morgan fingerprint density at radius 3 is 2.07 bits per heavy atom. The summed E-state index contributed by atoms with van der Waals surface area (Å²) in [5.41, 5.74) is 2.71. The SMILES string of the molecule is CCCC(c1ccc(C(=O)NCCC(=O)OC(C)(C)C)cc1)C(C(=O)c1cc(Cl)cc(C)c1Cl)c1ccc(Cl)cc1. The van der Waals surface area contributed by atoms with Crippen LogP contribution >= 0.6 is 34.8 Å². The molecule has 0 heterocycles. The highest BCUT2D eigenvalue weighted by molar-refractivity contribution is 6.37. The van der Waals surface area contributed by atoms with E-state index >= 15 is 0 Å². The Hall–Kier alpha value is -2.86. The summed E-state index contributed by atoms with van der Waals surface area (Å²) in [6.45, 7) is 9.45. The fourth-order valence-corrected chi connectivity index (χ4v) is 5.40. The van der Waals surface area contributed by atoms with Crippen molar-refractivity contribution in [2.75, 3.05) is 6.54 Å². The summed E-state index contributed by atoms with van der Waals surface area (Å²) in [7, 11) is 0. The van der Waals surface area contributed by atoms with E-state index in [1.54, 1.807) is 57.2 Å². The molecule has 0 aliphatic carbocycles. The number of amides is 1. The molecule has 0 radical (unpaired) electrons. The van der Waals surface area contributed by atoms with Gasteiger partial charge in [0.05, 0.1) is 17.4 Å². The van der Waals surface area contributed by atoms with Gasteiger partial charge < -0.3 is 10.1 Å². The van der Waals surface area contributed by atoms with E-state index in [4.69, 9.17) is 39.5 Å². The van der Waals surface area contributed by atoms with E-state index in [1.165, 1.54) is 0 Å². The minimum absolute atomic E-state index is 0.0795. The first-order chi connectivity index (χ1) is 19.3. The topological polar surface area (TPSA) is 72.5 Å². The van der Waals surface area contributed by atoms with Crippen molar-refractivity contribution in [3.63, 3.8) is 0 Å². The van der Waals surface area contributed by atoms with Gasteiger partial charge in [0, 0.05) is 27.7 Å². The third-order valence-corrected chi connectivity index (χ3v) is 7.61. The molecule has 5 nitrogen and oxygen atoms in total. The average molecular weight is 617 g/mol. The summed E-state index contributed by atoms with van der Waals surface area (Å²) in [6.07, 6.45) is 1.63. The number of aryl methyl sites for hydroxylation is 1. The Morgan fingerprint density at radius 1 is 0.878 bits per heavy atom. The molecule has 3 aromatic rings. The summed E-state index contributed by atoms with van der Waals surface area (Å²) in [5.74, 6) is -1.56. The molecular weight excluding hydrogens is 581 g/mol. The first-order valence-electron chi connectivity index (χ1n) is 13.7. The van der Waals surface area contributed by atoms with Crippen molar-refractivity contribution >= 4 is 52.5 Å². The van der Waals surface area contributed by atoms with Gasteiger partial charge in [0.25, 0.3) is 5.91 Å². The number of rotatable bonds is 11. The van der Waals surface area contributed by atoms with Crippen LogP contribution < -0.4 is 5.32 Å². The van der Waals surface area contributed by atoms with Crippen molar-refractivity contribution in [3.8, 4) is 0 Å². The van der Waals surface area contributed by atoms with Crippen molar-refractivity contribution in [3.05, 3.63) is 104 Å². The van der Waals surface area contributed by atoms with Gasteiger partial charge in [-0.2, -0.15) is 0 Å². The van der Waals surface area contributed by atoms with Crippen LogP contribution in [0.1, 0.15) is 96.2 Å². The molecule has 0 aromatic heterocycles. The van der Waals surface area contributed by atoms with Gasteiger partial charge in [-0.25, -0.2) is 0 Å². The monoisotopic (exact) mass is 615 g/mol. The van der Waals surface area contributed by atoms with Crippen LogP contribution in [0.4, 0.5) is 0 Å². The minimum atomic E-state index is -0.575. The smallest absolute Gasteiger partial charge is 0.308 e. The van der Waals surface area contributed by atoms with E-state index in [9.17, 15) is 14.4 Å². The number of esters is 1. The molecule has 0 aliphatic heterocycles. The molecule has 0 spiro atoms. The molecule has 218 valence electrons. The average Bonchev–Trinajstić information content (AvgIpc) is 2.90. The number of Topliss-reactive ketones (excluding diaryl/α,β-unsaturated/α-hetero) is 1. The van der Waals surface area contributed by atoms with Gasteiger partial charge in [-0.3, -0.25) is 14.4 Å². The summed E-state index contributed by atoms with van der Waals surface area (Å²) in [5, 5.41) is 4.17. The van der Waals surface area contributed by atoms with Crippen LogP contribution in [0.3, 0.4) is 0 Å². The van der Waals surface area contributed by atoms with Crippen molar-refractivity contribution in [2.24, 2.45) is 0 Å². The van der Waals surface area contributed by atoms with Gasteiger partial charge in [-0.05, 0) is 93.1 Å². The first-order valence-corrected chi connectivity index (χ1v) is 14.8. The Kier molecular flexibility index (Phi) is 11.4. The lowest BCUT2D eigenvalue weighted by Gasteiger charge is -2.28. The predicted molar refractivity (Wildman–Crippen MR) is 167 cm³/mol. The summed E-state index contributed by atoms with van der Waals surface area (Å²) < 4.78 is 5.29. The lowest BCUT2D eigenvalue weighted by molar-refractivity contribution is -0.154. The highest BCUT2D eigenvalue weighted by atomic mass is 35.5. The number of ketones is 1. The van der Waals surface area contributed by atoms with E-state index in [1.807, 2.05) is 31.2 Å². The maximum absolute atomic E-state index is 14.2. The molecule has 1 N–H and O–H groups in total. The van der Waals surface area contributed by atoms with Gasteiger partial charge in [0.2, 0.25) is 0 Å². The molecule has 0 bridgehead atoms. The molecule has 0 saturated carbocycles. The fraction of sp³-hybridized carbons (Fsp3) is 0.364. The van der Waals surface area contributed by atoms with Crippen LogP contribution in [0.2, 0.25) is 15.1 Å². The number of nitrogens with one attached hydrogen (secondary N) is 1. The van der Waals surface area contributed by atoms with Gasteiger partial charge in [0.15, 0.2) is 5.78 Å². The molecule has 3 aromatic carbocycles. The number of carbonyl (C=O) groups is 3. The van der Waals surface area contributed by atoms with E-state index in [-0.39, 0.29) is 36.5 Å². The fourth-order valence-electron chi connectivity index (χ4n) is 4.80. The van der Waals surface area contributed by atoms with Gasteiger partial charge in [-0.15, -0.1) is 0 Å². The number of hydrogen-bond donors (Lipinski definition) is 1. The molecule has 41 heavy (non-hydrogen) atoms. The second-order valence-electron chi connectivity index (χ2n) is 11.1. The Morgan fingerprint density at radius 2 is 1.49 bits per heavy atom. The molecule has 1 amide bonds. The predicted octanol–water partition coefficient (Wildman–Crippen LogP) is 8.97. The summed E-state index contributed by atoms with van der Waals surface area (Å²) in [4.78, 5) is 38.9. The quantitative estimate of drug-likeness (QED) is 0.172. The van der Waals surface area contributed by atoms with Gasteiger partial charge in [-0.1, -0.05) is 72.4 Å². The molecule has 2 unspecified atom stereocenters. The van der Waals surface area contributed by atoms with E-state index in [2.05, 4.69) is 12.2 Å². The standard InChI is InChI=1S/C33H36Cl3NO4/c1-6-7-26(21-8-10-23(11-9-21)32(40)37-17-16-28(38)41-33(3,4)5)29(22-12-14-24(34)15-13-22)31(39)27-19-25(35)18-20(2)30(27)36/h8-15,18-19,26,29H,6-7,16-17H2,1-5H3,(H,37,40). The molecule has 3 rings (SSSR count). The molecule has 0 aliphatic rings. The first kappa shape index (κ1) is 32.7. The van der Waals surface area contributed by atoms with E-state index in [0.717, 1.165) is 29.5 Å². The van der Waals surface area contributed by atoms with Crippen LogP contribution in [-0.2, 0) is 9.53 Å². The summed E-state index contributed by atoms with van der Waals surface area (Å²) in [6, 6.07) is 17.9. The zero-order chi connectivity index (χ0) is 30.3. The number of hydrogen-bond acceptors (Lipinski definition) is 4. The third-order valence-electron chi connectivity index (χ3n) is 6.63. The Balaban J connectivity index is 1.90. The van der Waals surface area contributed by atoms with Gasteiger partial charge in [0.1, 0.15) is 5.60 Å². The van der Waals surface area contributed by atoms with Crippen LogP contribution in [0.15, 0.2) is 60.7 Å². The number of benzene rings is 3. The van der Waals surface area contributed by atoms with Crippen LogP contribution in [0, 0.1) is 6.92 Å². The van der Waals surface area contributed by atoms with Crippen LogP contribution in [0.5, 0.6) is 0 Å². The van der Waals surface area contributed by atoms with Crippen LogP contribution in [-0.4, -0.2) is 29.8 Å². The Labute approximate surface area is 257 Å². The van der Waals surface area contributed by atoms with Crippen molar-refractivity contribution in [1.82, 2.24) is 5.32 Å². The van der Waals surface area contributed by atoms with Crippen molar-refractivity contribution < 1.29 is 19.1 Å². The number of halogens is 3. The highest BCUT2D eigenvalue weighted by Gasteiger charge is 2.33. The number of carbonyl (C=O) groups excluding carboxylic acids is 3. The minimum Gasteiger partial charge on any atom is -0.460 e. The van der Waals surface area contributed by atoms with E-state index < -0.39 is 11.5 Å². The van der Waals surface area contributed by atoms with Gasteiger partial charge >= 0.3 is 5.97 Å². The molecule has 2 atom stereocenters. The molecule has 0 fully saturated rings. The lowest BCUT2D eigenvalue weighted by atomic mass is 9.75. The number of ether oxygens (including phenoxy) is 1. The third kappa shape index (κ3) is 9.06. The molecule has 8 heteroatoms.